The first-order valence-electron chi connectivity index (χ1n) is 3.55. The van der Waals surface area contributed by atoms with E-state index in [-0.39, 0.29) is 0 Å². The maximum Gasteiger partial charge on any atom is 0.169 e. The van der Waals surface area contributed by atoms with Crippen LogP contribution in [0.4, 0.5) is 0 Å². The van der Waals surface area contributed by atoms with Crippen molar-refractivity contribution in [1.29, 1.82) is 0 Å². The van der Waals surface area contributed by atoms with Gasteiger partial charge >= 0.3 is 0 Å². The zero-order valence-electron chi connectivity index (χ0n) is 5.99. The van der Waals surface area contributed by atoms with Crippen LogP contribution in [0.5, 0.6) is 0 Å². The molecule has 1 aromatic rings. The molecule has 1 aromatic heterocycles. The predicted octanol–water partition coefficient (Wildman–Crippen LogP) is 0.850. The Morgan fingerprint density at radius 3 is 3.18 bits per heavy atom. The van der Waals surface area contributed by atoms with E-state index in [1.807, 2.05) is 11.8 Å². The fourth-order valence-electron chi connectivity index (χ4n) is 0.882. The van der Waals surface area contributed by atoms with Crippen LogP contribution >= 0.6 is 23.3 Å². The number of nitrogens with one attached hydrogen (secondary N) is 1. The number of hydrogen-bond donors (Lipinski definition) is 1. The molecule has 0 spiro atoms. The third-order valence-electron chi connectivity index (χ3n) is 1.65. The highest BCUT2D eigenvalue weighted by Crippen LogP contribution is 2.22. The molecule has 1 N–H and O–H groups in total. The zero-order valence-corrected chi connectivity index (χ0v) is 7.62. The van der Waals surface area contributed by atoms with Gasteiger partial charge in [-0.3, -0.25) is 0 Å². The van der Waals surface area contributed by atoms with E-state index in [4.69, 9.17) is 0 Å². The smallest absolute Gasteiger partial charge is 0.169 e. The summed E-state index contributed by atoms with van der Waals surface area (Å²) in [7, 11) is 0. The highest BCUT2D eigenvalue weighted by Gasteiger charge is 2.16. The normalized spacial score (nSPS) is 18.2. The number of hydrogen-bond acceptors (Lipinski definition) is 5. The summed E-state index contributed by atoms with van der Waals surface area (Å²) in [5, 5.41) is 3.25. The molecule has 0 saturated carbocycles. The lowest BCUT2D eigenvalue weighted by atomic mass is 10.1. The minimum absolute atomic E-state index is 0.851. The Hall–Kier alpha value is -0.130. The van der Waals surface area contributed by atoms with E-state index in [0.29, 0.717) is 0 Å². The maximum absolute atomic E-state index is 4.10. The highest BCUT2D eigenvalue weighted by atomic mass is 32.2. The Balaban J connectivity index is 1.74. The number of nitrogens with zero attached hydrogens (tertiary/aromatic N) is 2. The van der Waals surface area contributed by atoms with Gasteiger partial charge in [0.05, 0.1) is 0 Å². The third kappa shape index (κ3) is 1.91. The monoisotopic (exact) mass is 187 g/mol. The van der Waals surface area contributed by atoms with Crippen LogP contribution in [0.15, 0.2) is 10.7 Å². The topological polar surface area (TPSA) is 37.8 Å². The predicted molar refractivity (Wildman–Crippen MR) is 47.0 cm³/mol. The summed E-state index contributed by atoms with van der Waals surface area (Å²) < 4.78 is 5.03. The molecule has 11 heavy (non-hydrogen) atoms. The lowest BCUT2D eigenvalue weighted by Crippen LogP contribution is -2.43. The molecule has 0 aliphatic carbocycles. The fraction of sp³-hybridized carbons (Fsp3) is 0.667. The minimum Gasteiger partial charge on any atom is -0.316 e. The van der Waals surface area contributed by atoms with Gasteiger partial charge in [-0.1, -0.05) is 11.8 Å². The molecule has 0 radical (unpaired) electrons. The van der Waals surface area contributed by atoms with Gasteiger partial charge in [-0.05, 0) is 30.5 Å². The van der Waals surface area contributed by atoms with Crippen LogP contribution in [0, 0.1) is 5.92 Å². The summed E-state index contributed by atoms with van der Waals surface area (Å²) in [6.07, 6.45) is 1.62. The number of aromatic nitrogens is 2. The molecular weight excluding hydrogens is 178 g/mol. The summed E-state index contributed by atoms with van der Waals surface area (Å²) in [5.74, 6) is 2.03. The van der Waals surface area contributed by atoms with Crippen LogP contribution in [0.1, 0.15) is 0 Å². The van der Waals surface area contributed by atoms with Crippen molar-refractivity contribution >= 4 is 23.3 Å². The van der Waals surface area contributed by atoms with E-state index in [1.165, 1.54) is 30.4 Å². The molecule has 5 heteroatoms. The summed E-state index contributed by atoms with van der Waals surface area (Å²) in [4.78, 5) is 4.10. The Bertz CT molecular complexity index is 208. The van der Waals surface area contributed by atoms with Gasteiger partial charge in [-0.15, -0.1) is 0 Å². The van der Waals surface area contributed by atoms with Crippen molar-refractivity contribution in [3.63, 3.8) is 0 Å². The maximum atomic E-state index is 4.10. The van der Waals surface area contributed by atoms with Crippen molar-refractivity contribution in [2.24, 2.45) is 5.92 Å². The van der Waals surface area contributed by atoms with Crippen LogP contribution in [-0.2, 0) is 0 Å². The first-order valence-corrected chi connectivity index (χ1v) is 5.31. The Labute approximate surface area is 73.8 Å². The van der Waals surface area contributed by atoms with Gasteiger partial charge in [0.1, 0.15) is 6.33 Å². The van der Waals surface area contributed by atoms with Crippen molar-refractivity contribution in [3.8, 4) is 0 Å². The quantitative estimate of drug-likeness (QED) is 0.712. The van der Waals surface area contributed by atoms with Gasteiger partial charge in [0.2, 0.25) is 0 Å². The average Bonchev–Trinajstić information content (AvgIpc) is 2.36. The van der Waals surface area contributed by atoms with Gasteiger partial charge < -0.3 is 5.32 Å². The Morgan fingerprint density at radius 1 is 1.73 bits per heavy atom. The van der Waals surface area contributed by atoms with Gasteiger partial charge in [0.25, 0.3) is 0 Å². The Morgan fingerprint density at radius 2 is 2.64 bits per heavy atom. The van der Waals surface area contributed by atoms with Crippen molar-refractivity contribution in [2.45, 2.75) is 4.34 Å². The van der Waals surface area contributed by atoms with Crippen molar-refractivity contribution in [1.82, 2.24) is 14.7 Å². The second-order valence-electron chi connectivity index (χ2n) is 2.54. The first-order chi connectivity index (χ1) is 5.45. The third-order valence-corrected chi connectivity index (χ3v) is 3.68. The van der Waals surface area contributed by atoms with Gasteiger partial charge in [0, 0.05) is 5.75 Å². The van der Waals surface area contributed by atoms with Crippen LogP contribution in [0.3, 0.4) is 0 Å². The van der Waals surface area contributed by atoms with E-state index in [0.717, 1.165) is 10.3 Å². The second kappa shape index (κ2) is 3.51. The minimum atomic E-state index is 0.851. The van der Waals surface area contributed by atoms with Crippen LogP contribution < -0.4 is 5.32 Å². The fourth-order valence-corrected chi connectivity index (χ4v) is 2.44. The molecule has 0 bridgehead atoms. The molecule has 0 aromatic carbocycles. The molecule has 60 valence electrons. The van der Waals surface area contributed by atoms with E-state index < -0.39 is 0 Å². The molecule has 1 aliphatic heterocycles. The standard InChI is InChI=1S/C6H9N3S2/c1-5(2-7-1)3-10-6-8-4-9-11-6/h4-5,7H,1-3H2. The van der Waals surface area contributed by atoms with E-state index >= 15 is 0 Å². The van der Waals surface area contributed by atoms with Crippen molar-refractivity contribution in [2.75, 3.05) is 18.8 Å². The van der Waals surface area contributed by atoms with Crippen LogP contribution in [-0.4, -0.2) is 28.2 Å². The number of thioether (sulfide) groups is 1. The van der Waals surface area contributed by atoms with Crippen molar-refractivity contribution in [3.05, 3.63) is 6.33 Å². The lowest BCUT2D eigenvalue weighted by molar-refractivity contribution is 0.385. The molecule has 0 amide bonds. The molecule has 1 saturated heterocycles. The Kier molecular flexibility index (Phi) is 2.40. The molecule has 1 aliphatic rings. The highest BCUT2D eigenvalue weighted by molar-refractivity contribution is 8.00. The molecule has 2 heterocycles. The van der Waals surface area contributed by atoms with Crippen molar-refractivity contribution < 1.29 is 0 Å². The van der Waals surface area contributed by atoms with Gasteiger partial charge in [-0.2, -0.15) is 4.37 Å². The van der Waals surface area contributed by atoms with Gasteiger partial charge in [-0.25, -0.2) is 4.98 Å². The molecular formula is C6H9N3S2. The lowest BCUT2D eigenvalue weighted by Gasteiger charge is -2.25. The second-order valence-corrected chi connectivity index (χ2v) is 4.59. The summed E-state index contributed by atoms with van der Waals surface area (Å²) in [6.45, 7) is 2.34. The zero-order chi connectivity index (χ0) is 7.52. The molecule has 2 rings (SSSR count). The van der Waals surface area contributed by atoms with E-state index in [2.05, 4.69) is 14.7 Å². The van der Waals surface area contributed by atoms with Crippen LogP contribution in [0.2, 0.25) is 0 Å². The summed E-state index contributed by atoms with van der Waals surface area (Å²) >= 11 is 3.30. The van der Waals surface area contributed by atoms with Crippen LogP contribution in [0.25, 0.3) is 0 Å². The SMILES string of the molecule is c1nsc(SCC2CNC2)n1. The van der Waals surface area contributed by atoms with Gasteiger partial charge in [0.15, 0.2) is 4.34 Å². The molecule has 0 atom stereocenters. The molecule has 1 fully saturated rings. The number of rotatable bonds is 3. The summed E-state index contributed by atoms with van der Waals surface area (Å²) in [6, 6.07) is 0. The molecule has 0 unspecified atom stereocenters. The average molecular weight is 187 g/mol. The van der Waals surface area contributed by atoms with E-state index in [9.17, 15) is 0 Å². The summed E-state index contributed by atoms with van der Waals surface area (Å²) in [5.41, 5.74) is 0. The first kappa shape index (κ1) is 7.52. The van der Waals surface area contributed by atoms with E-state index in [1.54, 1.807) is 6.33 Å². The molecule has 3 nitrogen and oxygen atoms in total. The largest absolute Gasteiger partial charge is 0.316 e.